The number of thiol groups is 1. The average molecular weight is 550 g/mol. The minimum Gasteiger partial charge on any atom is -0.481 e. The minimum atomic E-state index is -1.50. The van der Waals surface area contributed by atoms with Crippen molar-refractivity contribution in [2.75, 3.05) is 5.75 Å². The summed E-state index contributed by atoms with van der Waals surface area (Å²) in [4.78, 5) is 83.6. The molecule has 0 heterocycles. The lowest BCUT2D eigenvalue weighted by molar-refractivity contribution is -0.142. The number of nitrogens with one attached hydrogen (secondary N) is 4. The van der Waals surface area contributed by atoms with E-state index in [1.54, 1.807) is 13.8 Å². The minimum absolute atomic E-state index is 0.00218. The molecule has 0 rings (SSSR count). The van der Waals surface area contributed by atoms with Crippen LogP contribution in [-0.4, -0.2) is 92.8 Å². The predicted molar refractivity (Wildman–Crippen MR) is 131 cm³/mol. The highest BCUT2D eigenvalue weighted by Gasteiger charge is 2.32. The molecule has 0 spiro atoms. The summed E-state index contributed by atoms with van der Waals surface area (Å²) in [5.74, 6) is -7.90. The quantitative estimate of drug-likeness (QED) is 0.0870. The van der Waals surface area contributed by atoms with Crippen LogP contribution < -0.4 is 27.0 Å². The molecule has 0 fully saturated rings. The molecule has 9 N–H and O–H groups in total. The summed E-state index contributed by atoms with van der Waals surface area (Å²) in [5.41, 5.74) is 5.62. The van der Waals surface area contributed by atoms with Crippen LogP contribution in [0.4, 0.5) is 0 Å². The highest BCUT2D eigenvalue weighted by molar-refractivity contribution is 7.80. The number of amides is 4. The molecule has 0 radical (unpaired) electrons. The van der Waals surface area contributed by atoms with Gasteiger partial charge in [0, 0.05) is 18.6 Å². The fourth-order valence-corrected chi connectivity index (χ4v) is 3.03. The number of carbonyl (C=O) groups is 7. The molecule has 0 aromatic carbocycles. The Kier molecular flexibility index (Phi) is 14.9. The van der Waals surface area contributed by atoms with Gasteiger partial charge in [0.1, 0.15) is 24.2 Å². The van der Waals surface area contributed by atoms with Crippen LogP contribution in [0, 0.1) is 5.92 Å². The second-order valence-electron chi connectivity index (χ2n) is 8.58. The largest absolute Gasteiger partial charge is 0.481 e. The summed E-state index contributed by atoms with van der Waals surface area (Å²) in [6, 6.07) is -6.49. The van der Waals surface area contributed by atoms with Crippen LogP contribution in [0.15, 0.2) is 0 Å². The standard InChI is InChI=1S/C21H35N5O10S/c1-9(2)16(26-17(31)11(22)8-37)20(34)25-13(5-7-15(29)30)19(33)24-12(4-6-14(27)28)18(32)23-10(3)21(35)36/h9-13,16,37H,4-8,22H2,1-3H3,(H,23,32)(H,24,33)(H,25,34)(H,26,31)(H,27,28)(H,29,30)(H,35,36)/t10-,11-,12-,13-,16-/m0/s1. The lowest BCUT2D eigenvalue weighted by atomic mass is 10.0. The Morgan fingerprint density at radius 1 is 0.703 bits per heavy atom. The number of aliphatic carboxylic acids is 3. The molecule has 0 unspecified atom stereocenters. The summed E-state index contributed by atoms with van der Waals surface area (Å²) >= 11 is 3.92. The van der Waals surface area contributed by atoms with Gasteiger partial charge < -0.3 is 42.3 Å². The number of carbonyl (C=O) groups excluding carboxylic acids is 4. The van der Waals surface area contributed by atoms with Gasteiger partial charge in [0.05, 0.1) is 6.04 Å². The van der Waals surface area contributed by atoms with Crippen molar-refractivity contribution in [3.05, 3.63) is 0 Å². The number of carboxylic acid groups (broad SMARTS) is 3. The zero-order valence-electron chi connectivity index (χ0n) is 20.7. The lowest BCUT2D eigenvalue weighted by Gasteiger charge is -2.27. The fraction of sp³-hybridized carbons (Fsp3) is 0.667. The van der Waals surface area contributed by atoms with E-state index >= 15 is 0 Å². The third-order valence-electron chi connectivity index (χ3n) is 5.07. The molecule has 0 saturated heterocycles. The molecule has 4 amide bonds. The zero-order valence-corrected chi connectivity index (χ0v) is 21.6. The van der Waals surface area contributed by atoms with Crippen molar-refractivity contribution in [2.24, 2.45) is 11.7 Å². The van der Waals surface area contributed by atoms with Crippen LogP contribution in [0.2, 0.25) is 0 Å². The van der Waals surface area contributed by atoms with Crippen molar-refractivity contribution in [1.29, 1.82) is 0 Å². The first-order valence-corrected chi connectivity index (χ1v) is 12.0. The van der Waals surface area contributed by atoms with Crippen LogP contribution in [0.3, 0.4) is 0 Å². The Morgan fingerprint density at radius 3 is 1.51 bits per heavy atom. The Hall–Kier alpha value is -3.40. The van der Waals surface area contributed by atoms with E-state index in [9.17, 15) is 33.6 Å². The van der Waals surface area contributed by atoms with E-state index in [1.807, 2.05) is 0 Å². The lowest BCUT2D eigenvalue weighted by Crippen LogP contribution is -2.59. The Bertz CT molecular complexity index is 869. The van der Waals surface area contributed by atoms with E-state index in [4.69, 9.17) is 21.1 Å². The molecule has 37 heavy (non-hydrogen) atoms. The number of nitrogens with two attached hydrogens (primary N) is 1. The van der Waals surface area contributed by atoms with Gasteiger partial charge in [-0.2, -0.15) is 12.6 Å². The first-order chi connectivity index (χ1) is 17.1. The topological polar surface area (TPSA) is 254 Å². The third kappa shape index (κ3) is 12.9. The van der Waals surface area contributed by atoms with Crippen molar-refractivity contribution < 1.29 is 48.9 Å². The van der Waals surface area contributed by atoms with Crippen LogP contribution in [0.25, 0.3) is 0 Å². The van der Waals surface area contributed by atoms with E-state index in [2.05, 4.69) is 33.9 Å². The SMILES string of the molecule is CC(C)[C@H](NC(=O)[C@@H](N)CS)C(=O)N[C@@H](CCC(=O)O)C(=O)N[C@@H](CCC(=O)O)C(=O)N[C@@H](C)C(=O)O. The summed E-state index contributed by atoms with van der Waals surface area (Å²) < 4.78 is 0. The summed E-state index contributed by atoms with van der Waals surface area (Å²) in [5, 5.41) is 36.1. The van der Waals surface area contributed by atoms with Gasteiger partial charge in [0.25, 0.3) is 0 Å². The van der Waals surface area contributed by atoms with Gasteiger partial charge >= 0.3 is 17.9 Å². The van der Waals surface area contributed by atoms with E-state index in [0.29, 0.717) is 0 Å². The van der Waals surface area contributed by atoms with Crippen molar-refractivity contribution >= 4 is 54.2 Å². The van der Waals surface area contributed by atoms with E-state index in [1.165, 1.54) is 0 Å². The van der Waals surface area contributed by atoms with Gasteiger partial charge in [0.2, 0.25) is 23.6 Å². The molecule has 0 aliphatic heterocycles. The molecule has 210 valence electrons. The van der Waals surface area contributed by atoms with E-state index < -0.39 is 103 Å². The maximum Gasteiger partial charge on any atom is 0.325 e. The monoisotopic (exact) mass is 549 g/mol. The second kappa shape index (κ2) is 16.4. The first-order valence-electron chi connectivity index (χ1n) is 11.3. The number of carboxylic acids is 3. The van der Waals surface area contributed by atoms with Crippen LogP contribution >= 0.6 is 12.6 Å². The van der Waals surface area contributed by atoms with Crippen molar-refractivity contribution in [3.8, 4) is 0 Å². The molecule has 0 aliphatic rings. The maximum atomic E-state index is 13.0. The van der Waals surface area contributed by atoms with Gasteiger partial charge in [0.15, 0.2) is 0 Å². The number of hydrogen-bond acceptors (Lipinski definition) is 9. The maximum absolute atomic E-state index is 13.0. The molecular weight excluding hydrogens is 514 g/mol. The van der Waals surface area contributed by atoms with Gasteiger partial charge in [-0.1, -0.05) is 13.8 Å². The summed E-state index contributed by atoms with van der Waals surface area (Å²) in [6.45, 7) is 4.38. The van der Waals surface area contributed by atoms with Gasteiger partial charge in [-0.05, 0) is 25.7 Å². The molecule has 0 aliphatic carbocycles. The van der Waals surface area contributed by atoms with Crippen LogP contribution in [0.1, 0.15) is 46.5 Å². The number of rotatable bonds is 17. The third-order valence-corrected chi connectivity index (χ3v) is 5.46. The highest BCUT2D eigenvalue weighted by atomic mass is 32.1. The molecule has 0 aromatic rings. The smallest absolute Gasteiger partial charge is 0.325 e. The average Bonchev–Trinajstić information content (AvgIpc) is 2.80. The fourth-order valence-electron chi connectivity index (χ4n) is 2.86. The van der Waals surface area contributed by atoms with Gasteiger partial charge in [-0.15, -0.1) is 0 Å². The Balaban J connectivity index is 5.78. The molecule has 15 nitrogen and oxygen atoms in total. The molecular formula is C21H35N5O10S. The number of hydrogen-bond donors (Lipinski definition) is 9. The Labute approximate surface area is 218 Å². The Morgan fingerprint density at radius 2 is 1.14 bits per heavy atom. The van der Waals surface area contributed by atoms with E-state index in [0.717, 1.165) is 6.92 Å². The van der Waals surface area contributed by atoms with Crippen LogP contribution in [0.5, 0.6) is 0 Å². The zero-order chi connectivity index (χ0) is 28.9. The predicted octanol–water partition coefficient (Wildman–Crippen LogP) is -2.33. The molecule has 0 aromatic heterocycles. The summed E-state index contributed by atoms with van der Waals surface area (Å²) in [6.07, 6.45) is -1.92. The first kappa shape index (κ1) is 33.6. The van der Waals surface area contributed by atoms with Gasteiger partial charge in [-0.3, -0.25) is 33.6 Å². The van der Waals surface area contributed by atoms with Crippen molar-refractivity contribution in [2.45, 2.75) is 76.7 Å². The molecule has 0 bridgehead atoms. The normalized spacial score (nSPS) is 14.9. The van der Waals surface area contributed by atoms with Crippen LogP contribution in [-0.2, 0) is 33.6 Å². The highest BCUT2D eigenvalue weighted by Crippen LogP contribution is 2.07. The van der Waals surface area contributed by atoms with Gasteiger partial charge in [-0.25, -0.2) is 0 Å². The van der Waals surface area contributed by atoms with Crippen molar-refractivity contribution in [3.63, 3.8) is 0 Å². The molecule has 16 heteroatoms. The summed E-state index contributed by atoms with van der Waals surface area (Å²) in [7, 11) is 0. The van der Waals surface area contributed by atoms with Crippen molar-refractivity contribution in [1.82, 2.24) is 21.3 Å². The second-order valence-corrected chi connectivity index (χ2v) is 8.94. The van der Waals surface area contributed by atoms with E-state index in [-0.39, 0.29) is 5.75 Å². The molecule has 5 atom stereocenters. The molecule has 0 saturated carbocycles.